The summed E-state index contributed by atoms with van der Waals surface area (Å²) in [5, 5.41) is 3.01. The van der Waals surface area contributed by atoms with Gasteiger partial charge in [-0.3, -0.25) is 0 Å². The summed E-state index contributed by atoms with van der Waals surface area (Å²) >= 11 is 1.29. The third-order valence-corrected chi connectivity index (χ3v) is 5.68. The number of ether oxygens (including phenoxy) is 1. The van der Waals surface area contributed by atoms with Gasteiger partial charge in [-0.25, -0.2) is 13.1 Å². The van der Waals surface area contributed by atoms with E-state index in [1.807, 2.05) is 20.0 Å². The first kappa shape index (κ1) is 16.6. The Bertz CT molecular complexity index is 465. The van der Waals surface area contributed by atoms with E-state index in [0.29, 0.717) is 17.4 Å². The maximum absolute atomic E-state index is 12.2. The van der Waals surface area contributed by atoms with Crippen molar-refractivity contribution in [1.82, 2.24) is 10.0 Å². The second-order valence-electron chi connectivity index (χ2n) is 4.31. The van der Waals surface area contributed by atoms with Gasteiger partial charge in [0.25, 0.3) is 0 Å². The molecule has 0 aromatic carbocycles. The molecule has 0 aliphatic carbocycles. The summed E-state index contributed by atoms with van der Waals surface area (Å²) in [7, 11) is -0.0288. The topological polar surface area (TPSA) is 67.4 Å². The SMILES string of the molecule is CCCC(COC)NS(=O)(=O)c1ccc(CNC)s1. The van der Waals surface area contributed by atoms with Crippen LogP contribution in [0, 0.1) is 0 Å². The van der Waals surface area contributed by atoms with E-state index in [0.717, 1.165) is 17.7 Å². The molecular formula is C12H22N2O3S2. The fourth-order valence-corrected chi connectivity index (χ4v) is 4.41. The summed E-state index contributed by atoms with van der Waals surface area (Å²) in [5.74, 6) is 0. The molecule has 5 nitrogen and oxygen atoms in total. The van der Waals surface area contributed by atoms with E-state index in [4.69, 9.17) is 4.74 Å². The summed E-state index contributed by atoms with van der Waals surface area (Å²) in [6.45, 7) is 3.09. The number of thiophene rings is 1. The van der Waals surface area contributed by atoms with Crippen LogP contribution in [-0.2, 0) is 21.3 Å². The molecule has 19 heavy (non-hydrogen) atoms. The smallest absolute Gasteiger partial charge is 0.250 e. The summed E-state index contributed by atoms with van der Waals surface area (Å²) in [6.07, 6.45) is 1.67. The average molecular weight is 306 g/mol. The molecule has 0 saturated heterocycles. The number of hydrogen-bond donors (Lipinski definition) is 2. The third-order valence-electron chi connectivity index (χ3n) is 2.58. The van der Waals surface area contributed by atoms with E-state index in [1.165, 1.54) is 11.3 Å². The molecule has 0 aliphatic rings. The number of nitrogens with one attached hydrogen (secondary N) is 2. The molecule has 0 aliphatic heterocycles. The lowest BCUT2D eigenvalue weighted by atomic mass is 10.2. The highest BCUT2D eigenvalue weighted by molar-refractivity contribution is 7.91. The van der Waals surface area contributed by atoms with E-state index >= 15 is 0 Å². The van der Waals surface area contributed by atoms with Gasteiger partial charge in [0.15, 0.2) is 0 Å². The first-order chi connectivity index (χ1) is 9.03. The lowest BCUT2D eigenvalue weighted by Crippen LogP contribution is -2.37. The molecule has 1 aromatic rings. The number of hydrogen-bond acceptors (Lipinski definition) is 5. The molecule has 2 N–H and O–H groups in total. The van der Waals surface area contributed by atoms with Gasteiger partial charge in [0, 0.05) is 24.6 Å². The van der Waals surface area contributed by atoms with Gasteiger partial charge in [0.05, 0.1) is 6.61 Å². The summed E-state index contributed by atoms with van der Waals surface area (Å²) < 4.78 is 32.6. The van der Waals surface area contributed by atoms with Crippen LogP contribution in [0.3, 0.4) is 0 Å². The third kappa shape index (κ3) is 5.19. The van der Waals surface area contributed by atoms with Crippen LogP contribution in [0.4, 0.5) is 0 Å². The van der Waals surface area contributed by atoms with Gasteiger partial charge in [-0.1, -0.05) is 13.3 Å². The highest BCUT2D eigenvalue weighted by Gasteiger charge is 2.21. The predicted molar refractivity (Wildman–Crippen MR) is 78.0 cm³/mol. The average Bonchev–Trinajstić information content (AvgIpc) is 2.79. The molecule has 1 atom stereocenters. The van der Waals surface area contributed by atoms with Gasteiger partial charge >= 0.3 is 0 Å². The first-order valence-electron chi connectivity index (χ1n) is 6.28. The molecule has 1 unspecified atom stereocenters. The second-order valence-corrected chi connectivity index (χ2v) is 7.42. The van der Waals surface area contributed by atoms with E-state index in [-0.39, 0.29) is 6.04 Å². The Balaban J connectivity index is 2.77. The van der Waals surface area contributed by atoms with Gasteiger partial charge in [0.2, 0.25) is 10.0 Å². The maximum atomic E-state index is 12.2. The molecular weight excluding hydrogens is 284 g/mol. The molecule has 0 spiro atoms. The Hall–Kier alpha value is -0.470. The Morgan fingerprint density at radius 2 is 2.16 bits per heavy atom. The quantitative estimate of drug-likeness (QED) is 0.726. The van der Waals surface area contributed by atoms with Crippen LogP contribution < -0.4 is 10.0 Å². The van der Waals surface area contributed by atoms with Crippen molar-refractivity contribution in [3.63, 3.8) is 0 Å². The molecule has 0 saturated carbocycles. The van der Waals surface area contributed by atoms with Crippen LogP contribution in [0.15, 0.2) is 16.3 Å². The molecule has 1 aromatic heterocycles. The van der Waals surface area contributed by atoms with Crippen molar-refractivity contribution in [3.05, 3.63) is 17.0 Å². The second kappa shape index (κ2) is 7.96. The Morgan fingerprint density at radius 3 is 2.74 bits per heavy atom. The van der Waals surface area contributed by atoms with Gasteiger partial charge < -0.3 is 10.1 Å². The summed E-state index contributed by atoms with van der Waals surface area (Å²) in [5.41, 5.74) is 0. The predicted octanol–water partition coefficient (Wildman–Crippen LogP) is 1.56. The lowest BCUT2D eigenvalue weighted by Gasteiger charge is -2.16. The van der Waals surface area contributed by atoms with Crippen molar-refractivity contribution in [1.29, 1.82) is 0 Å². The summed E-state index contributed by atoms with van der Waals surface area (Å²) in [4.78, 5) is 1.00. The van der Waals surface area contributed by atoms with Crippen LogP contribution in [0.2, 0.25) is 0 Å². The zero-order valence-corrected chi connectivity index (χ0v) is 13.2. The van der Waals surface area contributed by atoms with Crippen molar-refractivity contribution in [2.24, 2.45) is 0 Å². The molecule has 1 heterocycles. The Morgan fingerprint density at radius 1 is 1.42 bits per heavy atom. The van der Waals surface area contributed by atoms with E-state index in [1.54, 1.807) is 13.2 Å². The van der Waals surface area contributed by atoms with Gasteiger partial charge in [-0.2, -0.15) is 0 Å². The zero-order chi connectivity index (χ0) is 14.3. The van der Waals surface area contributed by atoms with E-state index in [2.05, 4.69) is 10.0 Å². The summed E-state index contributed by atoms with van der Waals surface area (Å²) in [6, 6.07) is 3.31. The van der Waals surface area contributed by atoms with Crippen molar-refractivity contribution < 1.29 is 13.2 Å². The number of sulfonamides is 1. The van der Waals surface area contributed by atoms with Gasteiger partial charge in [-0.15, -0.1) is 11.3 Å². The normalized spacial score (nSPS) is 13.6. The van der Waals surface area contributed by atoms with Crippen molar-refractivity contribution in [2.45, 2.75) is 36.6 Å². The monoisotopic (exact) mass is 306 g/mol. The fourth-order valence-electron chi connectivity index (χ4n) is 1.78. The van der Waals surface area contributed by atoms with Crippen LogP contribution in [-0.4, -0.2) is 35.2 Å². The van der Waals surface area contributed by atoms with Crippen LogP contribution in [0.25, 0.3) is 0 Å². The Kier molecular flexibility index (Phi) is 6.95. The number of methoxy groups -OCH3 is 1. The lowest BCUT2D eigenvalue weighted by molar-refractivity contribution is 0.171. The molecule has 7 heteroatoms. The molecule has 0 fully saturated rings. The highest BCUT2D eigenvalue weighted by Crippen LogP contribution is 2.21. The van der Waals surface area contributed by atoms with Crippen molar-refractivity contribution >= 4 is 21.4 Å². The molecule has 1 rings (SSSR count). The van der Waals surface area contributed by atoms with Crippen molar-refractivity contribution in [3.8, 4) is 0 Å². The molecule has 0 amide bonds. The Labute approximate surface area is 119 Å². The zero-order valence-electron chi connectivity index (χ0n) is 11.6. The molecule has 0 radical (unpaired) electrons. The van der Waals surface area contributed by atoms with Crippen LogP contribution in [0.1, 0.15) is 24.6 Å². The minimum atomic E-state index is -3.44. The van der Waals surface area contributed by atoms with Gasteiger partial charge in [-0.05, 0) is 25.6 Å². The first-order valence-corrected chi connectivity index (χ1v) is 8.58. The molecule has 0 bridgehead atoms. The number of rotatable bonds is 9. The van der Waals surface area contributed by atoms with Crippen LogP contribution in [0.5, 0.6) is 0 Å². The highest BCUT2D eigenvalue weighted by atomic mass is 32.2. The maximum Gasteiger partial charge on any atom is 0.250 e. The van der Waals surface area contributed by atoms with Gasteiger partial charge in [0.1, 0.15) is 4.21 Å². The largest absolute Gasteiger partial charge is 0.383 e. The molecule has 110 valence electrons. The standard InChI is InChI=1S/C12H22N2O3S2/c1-4-5-10(9-17-3)14-19(15,16)12-7-6-11(18-12)8-13-2/h6-7,10,13-14H,4-5,8-9H2,1-3H3. The minimum Gasteiger partial charge on any atom is -0.383 e. The van der Waals surface area contributed by atoms with E-state index < -0.39 is 10.0 Å². The van der Waals surface area contributed by atoms with Crippen molar-refractivity contribution in [2.75, 3.05) is 20.8 Å². The fraction of sp³-hybridized carbons (Fsp3) is 0.667. The minimum absolute atomic E-state index is 0.171. The van der Waals surface area contributed by atoms with E-state index in [9.17, 15) is 8.42 Å². The van der Waals surface area contributed by atoms with Crippen LogP contribution >= 0.6 is 11.3 Å².